The van der Waals surface area contributed by atoms with Crippen molar-refractivity contribution < 1.29 is 9.59 Å². The number of nitrogens with zero attached hydrogens (tertiary/aromatic N) is 3. The number of fused-ring (bicyclic) bond motifs is 3. The van der Waals surface area contributed by atoms with Gasteiger partial charge in [0.1, 0.15) is 5.54 Å². The molecule has 5 rings (SSSR count). The minimum Gasteiger partial charge on any atom is -0.351 e. The van der Waals surface area contributed by atoms with Crippen molar-refractivity contribution in [2.75, 3.05) is 6.54 Å². The van der Waals surface area contributed by atoms with Gasteiger partial charge in [0.15, 0.2) is 5.82 Å². The highest BCUT2D eigenvalue weighted by atomic mass is 16.2. The summed E-state index contributed by atoms with van der Waals surface area (Å²) in [6.07, 6.45) is 4.25. The van der Waals surface area contributed by atoms with Crippen LogP contribution in [0.2, 0.25) is 0 Å². The summed E-state index contributed by atoms with van der Waals surface area (Å²) in [6.45, 7) is 7.16. The Morgan fingerprint density at radius 1 is 1.09 bits per heavy atom. The first-order valence-corrected chi connectivity index (χ1v) is 12.5. The molecule has 2 amide bonds. The van der Waals surface area contributed by atoms with Gasteiger partial charge in [-0.1, -0.05) is 56.3 Å². The minimum atomic E-state index is -1.00. The monoisotopic (exact) mass is 458 g/mol. The van der Waals surface area contributed by atoms with E-state index in [1.54, 1.807) is 4.90 Å². The maximum atomic E-state index is 13.9. The summed E-state index contributed by atoms with van der Waals surface area (Å²) in [6, 6.07) is 18.1. The van der Waals surface area contributed by atoms with E-state index in [1.165, 1.54) is 0 Å². The van der Waals surface area contributed by atoms with E-state index in [0.29, 0.717) is 24.8 Å². The van der Waals surface area contributed by atoms with Crippen molar-refractivity contribution in [3.63, 3.8) is 0 Å². The Balaban J connectivity index is 1.50. The van der Waals surface area contributed by atoms with E-state index in [-0.39, 0.29) is 23.8 Å². The molecule has 0 unspecified atom stereocenters. The van der Waals surface area contributed by atoms with Gasteiger partial charge in [-0.05, 0) is 62.1 Å². The molecule has 0 saturated heterocycles. The summed E-state index contributed by atoms with van der Waals surface area (Å²) >= 11 is 0. The first-order valence-electron chi connectivity index (χ1n) is 12.5. The maximum Gasteiger partial charge on any atom is 0.290 e. The molecular weight excluding hydrogens is 424 g/mol. The van der Waals surface area contributed by atoms with Crippen molar-refractivity contribution in [1.82, 2.24) is 19.8 Å². The van der Waals surface area contributed by atoms with Crippen LogP contribution in [-0.2, 0) is 11.3 Å². The van der Waals surface area contributed by atoms with Gasteiger partial charge in [0.25, 0.3) is 5.91 Å². The van der Waals surface area contributed by atoms with E-state index < -0.39 is 5.54 Å². The van der Waals surface area contributed by atoms with Gasteiger partial charge in [0.2, 0.25) is 5.91 Å². The van der Waals surface area contributed by atoms with Crippen LogP contribution in [0.5, 0.6) is 0 Å². The standard InChI is InChI=1S/C28H34N4O2/c1-19-13-15-22(16-14-19)29-27(34)28(3)18-31-24-12-8-7-11-23(24)30-25(31)26(33)32(28)17-20(2)21-9-5-4-6-10-21/h4-12,19-20,22H,13-18H2,1-3H3,(H,29,34)/t19?,20-,22?,28-/m1/s1. The quantitative estimate of drug-likeness (QED) is 0.600. The van der Waals surface area contributed by atoms with Gasteiger partial charge in [-0.15, -0.1) is 0 Å². The number of carbonyl (C=O) groups excluding carboxylic acids is 2. The molecule has 2 heterocycles. The molecule has 0 bridgehead atoms. The highest BCUT2D eigenvalue weighted by Gasteiger charge is 2.49. The number of benzene rings is 2. The lowest BCUT2D eigenvalue weighted by Gasteiger charge is -2.45. The van der Waals surface area contributed by atoms with Gasteiger partial charge in [-0.3, -0.25) is 9.59 Å². The fourth-order valence-corrected chi connectivity index (χ4v) is 5.52. The van der Waals surface area contributed by atoms with E-state index in [4.69, 9.17) is 0 Å². The molecule has 1 aromatic heterocycles. The van der Waals surface area contributed by atoms with Gasteiger partial charge in [-0.2, -0.15) is 0 Å². The second-order valence-electron chi connectivity index (χ2n) is 10.4. The van der Waals surface area contributed by atoms with Crippen LogP contribution in [0.15, 0.2) is 54.6 Å². The lowest BCUT2D eigenvalue weighted by Crippen LogP contribution is -2.65. The number of hydrogen-bond donors (Lipinski definition) is 1. The lowest BCUT2D eigenvalue weighted by atomic mass is 9.86. The third-order valence-electron chi connectivity index (χ3n) is 7.82. The molecule has 6 heteroatoms. The largest absolute Gasteiger partial charge is 0.351 e. The molecule has 2 aromatic carbocycles. The van der Waals surface area contributed by atoms with E-state index in [9.17, 15) is 9.59 Å². The lowest BCUT2D eigenvalue weighted by molar-refractivity contribution is -0.134. The number of carbonyl (C=O) groups is 2. The number of amides is 2. The molecule has 1 aliphatic heterocycles. The summed E-state index contributed by atoms with van der Waals surface area (Å²) < 4.78 is 1.93. The summed E-state index contributed by atoms with van der Waals surface area (Å²) in [7, 11) is 0. The minimum absolute atomic E-state index is 0.0657. The van der Waals surface area contributed by atoms with E-state index in [1.807, 2.05) is 54.0 Å². The fraction of sp³-hybridized carbons (Fsp3) is 0.464. The molecule has 6 nitrogen and oxygen atoms in total. The average Bonchev–Trinajstić information content (AvgIpc) is 3.22. The third kappa shape index (κ3) is 3.99. The van der Waals surface area contributed by atoms with Crippen molar-refractivity contribution >= 4 is 22.8 Å². The van der Waals surface area contributed by atoms with Gasteiger partial charge in [0, 0.05) is 12.6 Å². The first-order chi connectivity index (χ1) is 16.4. The molecule has 1 fully saturated rings. The Hall–Kier alpha value is -3.15. The number of rotatable bonds is 5. The molecule has 34 heavy (non-hydrogen) atoms. The predicted octanol–water partition coefficient (Wildman–Crippen LogP) is 4.75. The predicted molar refractivity (Wildman–Crippen MR) is 134 cm³/mol. The number of hydrogen-bond acceptors (Lipinski definition) is 3. The molecular formula is C28H34N4O2. The van der Waals surface area contributed by atoms with Gasteiger partial charge in [0.05, 0.1) is 17.6 Å². The van der Waals surface area contributed by atoms with Crippen molar-refractivity contribution in [1.29, 1.82) is 0 Å². The van der Waals surface area contributed by atoms with Crippen molar-refractivity contribution in [2.45, 2.75) is 70.5 Å². The van der Waals surface area contributed by atoms with Crippen LogP contribution in [0.4, 0.5) is 0 Å². The molecule has 0 radical (unpaired) electrons. The van der Waals surface area contributed by atoms with Crippen molar-refractivity contribution in [3.05, 3.63) is 66.0 Å². The first kappa shape index (κ1) is 22.6. The summed E-state index contributed by atoms with van der Waals surface area (Å²) in [5.74, 6) is 0.967. The zero-order valence-electron chi connectivity index (χ0n) is 20.3. The second-order valence-corrected chi connectivity index (χ2v) is 10.4. The van der Waals surface area contributed by atoms with Gasteiger partial charge < -0.3 is 14.8 Å². The maximum absolute atomic E-state index is 13.9. The van der Waals surface area contributed by atoms with E-state index >= 15 is 0 Å². The van der Waals surface area contributed by atoms with E-state index in [0.717, 1.165) is 42.3 Å². The Bertz CT molecular complexity index is 1200. The van der Waals surface area contributed by atoms with Crippen LogP contribution in [-0.4, -0.2) is 44.4 Å². The molecule has 1 aliphatic carbocycles. The molecule has 2 aliphatic rings. The number of nitrogens with one attached hydrogen (secondary N) is 1. The molecule has 1 N–H and O–H groups in total. The SMILES string of the molecule is CC1CCC(NC(=O)[C@@]2(C)Cn3c(nc4ccccc43)C(=O)N2C[C@@H](C)c2ccccc2)CC1. The average molecular weight is 459 g/mol. The van der Waals surface area contributed by atoms with E-state index in [2.05, 4.69) is 36.3 Å². The summed E-state index contributed by atoms with van der Waals surface area (Å²) in [4.78, 5) is 34.2. The van der Waals surface area contributed by atoms with Crippen LogP contribution in [0.3, 0.4) is 0 Å². The van der Waals surface area contributed by atoms with Gasteiger partial charge in [-0.25, -0.2) is 4.98 Å². The molecule has 2 atom stereocenters. The number of imidazole rings is 1. The summed E-state index contributed by atoms with van der Waals surface area (Å²) in [5.41, 5.74) is 1.83. The van der Waals surface area contributed by atoms with Crippen molar-refractivity contribution in [2.24, 2.45) is 5.92 Å². The van der Waals surface area contributed by atoms with Gasteiger partial charge >= 0.3 is 0 Å². The normalized spacial score (nSPS) is 25.7. The van der Waals surface area contributed by atoms with Crippen LogP contribution < -0.4 is 5.32 Å². The van der Waals surface area contributed by atoms with Crippen molar-refractivity contribution in [3.8, 4) is 0 Å². The Morgan fingerprint density at radius 2 is 1.76 bits per heavy atom. The van der Waals surface area contributed by atoms with Crippen LogP contribution >= 0.6 is 0 Å². The van der Waals surface area contributed by atoms with Crippen LogP contribution in [0, 0.1) is 5.92 Å². The Labute approximate surface area is 201 Å². The Morgan fingerprint density at radius 3 is 2.50 bits per heavy atom. The smallest absolute Gasteiger partial charge is 0.290 e. The molecule has 1 saturated carbocycles. The molecule has 0 spiro atoms. The Kier molecular flexibility index (Phi) is 5.92. The molecule has 178 valence electrons. The third-order valence-corrected chi connectivity index (χ3v) is 7.82. The molecule has 3 aromatic rings. The number of para-hydroxylation sites is 2. The van der Waals surface area contributed by atoms with Crippen LogP contribution in [0.25, 0.3) is 11.0 Å². The zero-order chi connectivity index (χ0) is 23.9. The summed E-state index contributed by atoms with van der Waals surface area (Å²) in [5, 5.41) is 3.32. The topological polar surface area (TPSA) is 67.2 Å². The van der Waals surface area contributed by atoms with Crippen LogP contribution in [0.1, 0.15) is 68.6 Å². The fourth-order valence-electron chi connectivity index (χ4n) is 5.52. The zero-order valence-corrected chi connectivity index (χ0v) is 20.3. The second kappa shape index (κ2) is 8.90. The number of aromatic nitrogens is 2. The highest BCUT2D eigenvalue weighted by Crippen LogP contribution is 2.33. The highest BCUT2D eigenvalue weighted by molar-refractivity contribution is 6.01.